The van der Waals surface area contributed by atoms with E-state index in [2.05, 4.69) is 40.3 Å². The molecular weight excluding hydrogens is 1320 g/mol. The molecule has 0 aromatic heterocycles. The Morgan fingerprint density at radius 2 is 1.14 bits per heavy atom. The molecule has 33 heteroatoms. The zero-order chi connectivity index (χ0) is 70.5. The maximum atomic E-state index is 14.5. The van der Waals surface area contributed by atoms with E-state index in [0.717, 1.165) is 24.0 Å². The standard InChI is InChI=1S/C64H104O31S.Na/c1-23(2)24(3)14-19-64(11,79)37-13-12-32-31-21-35(34-20-30(95-96(80,81)82)15-17-62(34,9)33(31)16-18-63(32,37)10)88-58-49(77)53(41(69)27(6)84-58)92-61-55(94-56-46(74)43(71)38(66)25(4)83-56)48(76)51(29(8)87-61)90-60-54(45(73)39(67)26(5)86-60)93-59-50(78)52(40(68)28(7)85-59)91-57-47(75)44(72)42(70)36(22-65)89-57;/h16,23,25-32,34-40,42-61,65-68,70-79H,3,12-15,17-22H2,1-2,4-11H3,(H,80,81,82);/q;+1/p-1/t25-,26-,27-,28-,29-,30+,31-,32-,34+,35-,36-,37+,38-,39+,40+,42+,43?,44-,45-,46+,47+,48-,49+,50+,51-,52-,53-,54+,55+,56+,57+,58+,59+,60+,61+,62-,63-,64-;/m0./s1. The van der Waals surface area contributed by atoms with Gasteiger partial charge in [0.05, 0.1) is 48.8 Å². The molecule has 552 valence electrons. The smallest absolute Gasteiger partial charge is 0.726 e. The Bertz CT molecular complexity index is 2820. The first-order chi connectivity index (χ1) is 44.8. The van der Waals surface area contributed by atoms with Crippen LogP contribution in [0.5, 0.6) is 0 Å². The molecule has 31 nitrogen and oxygen atoms in total. The number of hydrogen-bond acceptors (Lipinski definition) is 31. The number of ketones is 1. The van der Waals surface area contributed by atoms with Crippen LogP contribution >= 0.6 is 0 Å². The first-order valence-electron chi connectivity index (χ1n) is 33.7. The molecule has 1 unspecified atom stereocenters. The molecule has 6 saturated heterocycles. The van der Waals surface area contributed by atoms with Crippen LogP contribution < -0.4 is 29.6 Å². The second-order valence-corrected chi connectivity index (χ2v) is 30.7. The summed E-state index contributed by atoms with van der Waals surface area (Å²) in [5.41, 5.74) is 0.137. The van der Waals surface area contributed by atoms with E-state index in [9.17, 15) is 89.3 Å². The van der Waals surface area contributed by atoms with Gasteiger partial charge < -0.3 is 133 Å². The Morgan fingerprint density at radius 1 is 0.619 bits per heavy atom. The summed E-state index contributed by atoms with van der Waals surface area (Å²) in [6, 6.07) is 0. The van der Waals surface area contributed by atoms with Crippen molar-refractivity contribution in [1.82, 2.24) is 0 Å². The van der Waals surface area contributed by atoms with Crippen molar-refractivity contribution in [2.45, 2.75) is 323 Å². The van der Waals surface area contributed by atoms with E-state index in [0.29, 0.717) is 32.1 Å². The van der Waals surface area contributed by atoms with E-state index in [-0.39, 0.29) is 71.5 Å². The molecule has 0 amide bonds. The van der Waals surface area contributed by atoms with Gasteiger partial charge in [0, 0.05) is 0 Å². The average molecular weight is 1420 g/mol. The number of fused-ring (bicyclic) bond motifs is 5. The normalized spacial score (nSPS) is 51.1. The summed E-state index contributed by atoms with van der Waals surface area (Å²) >= 11 is 0. The third kappa shape index (κ3) is 15.9. The van der Waals surface area contributed by atoms with Crippen LogP contribution in [0.15, 0.2) is 23.8 Å². The van der Waals surface area contributed by atoms with Gasteiger partial charge in [0.2, 0.25) is 10.4 Å². The number of hydrogen-bond donors (Lipinski definition) is 14. The van der Waals surface area contributed by atoms with Crippen molar-refractivity contribution >= 4 is 16.2 Å². The van der Waals surface area contributed by atoms with Crippen molar-refractivity contribution < 1.29 is 180 Å². The fraction of sp³-hybridized carbons (Fsp3) is 0.922. The van der Waals surface area contributed by atoms with Crippen LogP contribution in [0.4, 0.5) is 0 Å². The molecule has 0 aromatic carbocycles. The van der Waals surface area contributed by atoms with E-state index >= 15 is 0 Å². The van der Waals surface area contributed by atoms with Crippen molar-refractivity contribution in [3.8, 4) is 0 Å². The van der Waals surface area contributed by atoms with Crippen LogP contribution in [-0.2, 0) is 76.2 Å². The molecule has 6 aliphatic heterocycles. The Hall–Kier alpha value is -1.02. The van der Waals surface area contributed by atoms with Gasteiger partial charge in [-0.2, -0.15) is 0 Å². The fourth-order valence-electron chi connectivity index (χ4n) is 17.2. The second-order valence-electron chi connectivity index (χ2n) is 29.7. The van der Waals surface area contributed by atoms with E-state index in [1.165, 1.54) is 34.6 Å². The molecule has 97 heavy (non-hydrogen) atoms. The van der Waals surface area contributed by atoms with Crippen LogP contribution in [0.1, 0.15) is 127 Å². The SMILES string of the molecule is C=C(CC[C@](C)(O)[C@@H]1CC[C@H]2[C@@H]3C[C@H](O[C@H]4O[C@@H](C)C(=O)[C@H](O[C@H]5O[C@@H](C)[C@H](O[C@H]6O[C@@H](C)[C@@H](O)[C@H](O)[C@H]6O[C@H]6O[C@@H](C)[C@@H](O)[C@H](O[C@H]7O[C@@H](CO)[C@@H](O)[C@H](O)[C@H]7O)[C@H]6O)[C@H](O)[C@H]5O[C@H]5O[C@@H](C)[C@H](O)C(O)[C@H]5O)[C@H]4O)[C@H]4C[C@H](OS(=O)(=O)[O-])CC[C@@]4(C)C3=CC[C@]12C)C(C)C.[Na+]. The molecule has 10 aliphatic rings. The number of carbonyl (C=O) groups excluding carboxylic acids is 1. The molecule has 38 atom stereocenters. The monoisotopic (exact) mass is 1420 g/mol. The molecule has 9 fully saturated rings. The van der Waals surface area contributed by atoms with Gasteiger partial charge in [-0.05, 0) is 140 Å². The van der Waals surface area contributed by atoms with Gasteiger partial charge in [-0.25, -0.2) is 8.42 Å². The molecule has 0 aromatic rings. The summed E-state index contributed by atoms with van der Waals surface area (Å²) in [5.74, 6) is -1.32. The van der Waals surface area contributed by atoms with E-state index in [1.54, 1.807) is 0 Å². The number of ether oxygens (including phenoxy) is 12. The third-order valence-electron chi connectivity index (χ3n) is 23.1. The largest absolute Gasteiger partial charge is 1.00 e. The van der Waals surface area contributed by atoms with Gasteiger partial charge in [0.15, 0.2) is 49.6 Å². The van der Waals surface area contributed by atoms with Gasteiger partial charge >= 0.3 is 29.6 Å². The van der Waals surface area contributed by atoms with Crippen molar-refractivity contribution in [3.05, 3.63) is 23.8 Å². The third-order valence-corrected chi connectivity index (χ3v) is 23.6. The predicted octanol–water partition coefficient (Wildman–Crippen LogP) is -5.58. The van der Waals surface area contributed by atoms with Crippen molar-refractivity contribution in [2.75, 3.05) is 6.61 Å². The minimum absolute atomic E-state index is 0. The van der Waals surface area contributed by atoms with E-state index in [1.807, 2.05) is 6.92 Å². The Morgan fingerprint density at radius 3 is 1.76 bits per heavy atom. The zero-order valence-corrected chi connectivity index (χ0v) is 59.6. The second kappa shape index (κ2) is 31.2. The van der Waals surface area contributed by atoms with Crippen molar-refractivity contribution in [2.24, 2.45) is 40.4 Å². The average Bonchev–Trinajstić information content (AvgIpc) is 1.69. The first kappa shape index (κ1) is 80.1. The van der Waals surface area contributed by atoms with Gasteiger partial charge in [-0.1, -0.05) is 51.5 Å². The number of aliphatic hydroxyl groups excluding tert-OH is 13. The Kier molecular flexibility index (Phi) is 25.8. The minimum Gasteiger partial charge on any atom is -0.726 e. The van der Waals surface area contributed by atoms with Crippen molar-refractivity contribution in [3.63, 3.8) is 0 Å². The molecule has 14 N–H and O–H groups in total. The van der Waals surface area contributed by atoms with E-state index < -0.39 is 230 Å². The number of carbonyl (C=O) groups is 1. The molecule has 0 radical (unpaired) electrons. The summed E-state index contributed by atoms with van der Waals surface area (Å²) in [6.07, 6.45) is -46.2. The molecule has 4 aliphatic carbocycles. The molecule has 10 rings (SSSR count). The fourth-order valence-corrected chi connectivity index (χ4v) is 17.7. The van der Waals surface area contributed by atoms with Gasteiger partial charge in [0.1, 0.15) is 110 Å². The first-order valence-corrected chi connectivity index (χ1v) is 35.1. The summed E-state index contributed by atoms with van der Waals surface area (Å²) in [5, 5.41) is 158. The molecular formula is C64H103NaO31S. The maximum Gasteiger partial charge on any atom is 1.00 e. The summed E-state index contributed by atoms with van der Waals surface area (Å²) in [7, 11) is -5.15. The van der Waals surface area contributed by atoms with Crippen LogP contribution in [0.3, 0.4) is 0 Å². The maximum absolute atomic E-state index is 14.5. The van der Waals surface area contributed by atoms with Gasteiger partial charge in [-0.3, -0.25) is 8.98 Å². The van der Waals surface area contributed by atoms with Crippen LogP contribution in [-0.4, -0.2) is 293 Å². The van der Waals surface area contributed by atoms with Gasteiger partial charge in [-0.15, -0.1) is 0 Å². The summed E-state index contributed by atoms with van der Waals surface area (Å²) in [4.78, 5) is 14.5. The van der Waals surface area contributed by atoms with Crippen LogP contribution in [0.2, 0.25) is 0 Å². The summed E-state index contributed by atoms with van der Waals surface area (Å²) < 4.78 is 115. The Balaban J connectivity index is 0.0000110. The predicted molar refractivity (Wildman–Crippen MR) is 323 cm³/mol. The van der Waals surface area contributed by atoms with Crippen molar-refractivity contribution in [1.29, 1.82) is 0 Å². The number of Topliss-reactive ketones (excluding diaryl/α,β-unsaturated/α-hetero) is 1. The number of allylic oxidation sites excluding steroid dienone is 3. The topological polar surface area (TPSA) is 477 Å². The molecule has 0 bridgehead atoms. The van der Waals surface area contributed by atoms with Gasteiger partial charge in [0.25, 0.3) is 0 Å². The molecule has 3 saturated carbocycles. The number of rotatable bonds is 20. The summed E-state index contributed by atoms with van der Waals surface area (Å²) in [6.45, 7) is 20.6. The molecule has 0 spiro atoms. The van der Waals surface area contributed by atoms with Crippen LogP contribution in [0.25, 0.3) is 0 Å². The Labute approximate surface area is 586 Å². The quantitative estimate of drug-likeness (QED) is 0.0234. The van der Waals surface area contributed by atoms with E-state index in [4.69, 9.17) is 61.0 Å². The number of aliphatic hydroxyl groups is 14. The van der Waals surface area contributed by atoms with Crippen LogP contribution in [0, 0.1) is 40.4 Å². The zero-order valence-electron chi connectivity index (χ0n) is 56.7. The minimum atomic E-state index is -5.15. The molecule has 6 heterocycles.